The highest BCUT2D eigenvalue weighted by molar-refractivity contribution is 7.09. The van der Waals surface area contributed by atoms with Gasteiger partial charge < -0.3 is 0 Å². The summed E-state index contributed by atoms with van der Waals surface area (Å²) in [5.74, 6) is 5.10. The predicted octanol–water partition coefficient (Wildman–Crippen LogP) is 1.54. The highest BCUT2D eigenvalue weighted by Crippen LogP contribution is 2.28. The summed E-state index contributed by atoms with van der Waals surface area (Å²) >= 11 is 1.45. The van der Waals surface area contributed by atoms with Gasteiger partial charge in [0.25, 0.3) is 0 Å². The maximum Gasteiger partial charge on any atom is 0.146 e. The lowest BCUT2D eigenvalue weighted by Gasteiger charge is -2.15. The van der Waals surface area contributed by atoms with Crippen molar-refractivity contribution in [2.24, 2.45) is 5.84 Å². The number of pyridine rings is 1. The van der Waals surface area contributed by atoms with Crippen LogP contribution in [0.2, 0.25) is 0 Å². The third-order valence-corrected chi connectivity index (χ3v) is 3.32. The van der Waals surface area contributed by atoms with E-state index in [1.165, 1.54) is 17.5 Å². The van der Waals surface area contributed by atoms with Crippen molar-refractivity contribution in [3.8, 4) is 0 Å². The molecule has 0 saturated heterocycles. The van der Waals surface area contributed by atoms with Crippen LogP contribution in [0.1, 0.15) is 22.2 Å². The van der Waals surface area contributed by atoms with Crippen molar-refractivity contribution in [2.45, 2.75) is 13.0 Å². The molecule has 1 atom stereocenters. The molecule has 84 valence electrons. The van der Waals surface area contributed by atoms with Crippen molar-refractivity contribution < 1.29 is 4.39 Å². The fourth-order valence-corrected chi connectivity index (χ4v) is 2.39. The first-order valence-corrected chi connectivity index (χ1v) is 5.57. The van der Waals surface area contributed by atoms with Gasteiger partial charge in [-0.05, 0) is 13.0 Å². The molecule has 3 N–H and O–H groups in total. The van der Waals surface area contributed by atoms with Crippen LogP contribution in [0.4, 0.5) is 4.39 Å². The summed E-state index contributed by atoms with van der Waals surface area (Å²) in [7, 11) is 0. The molecule has 0 bridgehead atoms. The third-order valence-electron chi connectivity index (χ3n) is 2.33. The lowest BCUT2D eigenvalue weighted by atomic mass is 10.1. The number of hydrazine groups is 1. The van der Waals surface area contributed by atoms with E-state index in [2.05, 4.69) is 15.4 Å². The highest BCUT2D eigenvalue weighted by Gasteiger charge is 2.19. The smallest absolute Gasteiger partial charge is 0.146 e. The maximum absolute atomic E-state index is 13.6. The fraction of sp³-hybridized carbons (Fsp3) is 0.200. The number of halogens is 1. The molecular weight excluding hydrogens is 227 g/mol. The van der Waals surface area contributed by atoms with Crippen molar-refractivity contribution in [1.29, 1.82) is 0 Å². The number of aromatic nitrogens is 2. The number of nitrogens with zero attached hydrogens (tertiary/aromatic N) is 2. The zero-order valence-corrected chi connectivity index (χ0v) is 9.46. The van der Waals surface area contributed by atoms with Gasteiger partial charge in [-0.3, -0.25) is 10.8 Å². The average molecular weight is 238 g/mol. The van der Waals surface area contributed by atoms with Gasteiger partial charge >= 0.3 is 0 Å². The number of thiazole rings is 1. The average Bonchev–Trinajstić information content (AvgIpc) is 2.69. The second-order valence-electron chi connectivity index (χ2n) is 3.30. The van der Waals surface area contributed by atoms with Crippen LogP contribution < -0.4 is 11.3 Å². The molecule has 0 radical (unpaired) electrons. The zero-order valence-electron chi connectivity index (χ0n) is 8.64. The molecule has 16 heavy (non-hydrogen) atoms. The number of hydrogen-bond donors (Lipinski definition) is 2. The molecule has 0 aromatic carbocycles. The van der Waals surface area contributed by atoms with Crippen molar-refractivity contribution in [1.82, 2.24) is 15.4 Å². The number of aryl methyl sites for hydroxylation is 1. The van der Waals surface area contributed by atoms with Gasteiger partial charge in [0.1, 0.15) is 5.82 Å². The number of nitrogens with one attached hydrogen (secondary N) is 1. The first-order valence-electron chi connectivity index (χ1n) is 4.69. The second-order valence-corrected chi connectivity index (χ2v) is 4.19. The first-order chi connectivity index (χ1) is 7.74. The zero-order chi connectivity index (χ0) is 11.5. The van der Waals surface area contributed by atoms with E-state index in [0.29, 0.717) is 5.56 Å². The number of rotatable bonds is 3. The van der Waals surface area contributed by atoms with Crippen LogP contribution in [0.25, 0.3) is 0 Å². The highest BCUT2D eigenvalue weighted by atomic mass is 32.1. The van der Waals surface area contributed by atoms with Crippen LogP contribution >= 0.6 is 11.3 Å². The Bertz CT molecular complexity index is 485. The van der Waals surface area contributed by atoms with Crippen LogP contribution in [0.5, 0.6) is 0 Å². The van der Waals surface area contributed by atoms with Gasteiger partial charge in [-0.2, -0.15) is 0 Å². The largest absolute Gasteiger partial charge is 0.271 e. The van der Waals surface area contributed by atoms with E-state index in [1.54, 1.807) is 17.8 Å². The van der Waals surface area contributed by atoms with Gasteiger partial charge in [0.15, 0.2) is 0 Å². The van der Waals surface area contributed by atoms with E-state index in [-0.39, 0.29) is 11.9 Å². The summed E-state index contributed by atoms with van der Waals surface area (Å²) in [6.07, 6.45) is 2.72. The van der Waals surface area contributed by atoms with E-state index in [4.69, 9.17) is 5.84 Å². The molecule has 0 spiro atoms. The minimum Gasteiger partial charge on any atom is -0.271 e. The van der Waals surface area contributed by atoms with Crippen LogP contribution in [-0.2, 0) is 0 Å². The Balaban J connectivity index is 2.45. The van der Waals surface area contributed by atoms with Crippen molar-refractivity contribution >= 4 is 11.3 Å². The lowest BCUT2D eigenvalue weighted by Crippen LogP contribution is -2.29. The Labute approximate surface area is 96.3 Å². The van der Waals surface area contributed by atoms with Crippen molar-refractivity contribution in [3.05, 3.63) is 45.9 Å². The Morgan fingerprint density at radius 1 is 1.56 bits per heavy atom. The summed E-state index contributed by atoms with van der Waals surface area (Å²) in [6.45, 7) is 1.87. The molecule has 0 amide bonds. The van der Waals surface area contributed by atoms with Gasteiger partial charge in [0.05, 0.1) is 28.3 Å². The summed E-state index contributed by atoms with van der Waals surface area (Å²) in [6, 6.07) is 1.23. The summed E-state index contributed by atoms with van der Waals surface area (Å²) in [5.41, 5.74) is 5.65. The Kier molecular flexibility index (Phi) is 3.23. The SMILES string of the molecule is Cc1ncsc1C(NN)c1ccncc1F. The Morgan fingerprint density at radius 2 is 2.38 bits per heavy atom. The summed E-state index contributed by atoms with van der Waals surface area (Å²) in [5, 5.41) is 0. The molecule has 2 rings (SSSR count). The minimum absolute atomic E-state index is 0.377. The Morgan fingerprint density at radius 3 is 2.94 bits per heavy atom. The molecule has 4 nitrogen and oxygen atoms in total. The standard InChI is InChI=1S/C10H11FN4S/c1-6-10(16-5-14-6)9(15-12)7-2-3-13-4-8(7)11/h2-5,9,15H,12H2,1H3. The lowest BCUT2D eigenvalue weighted by molar-refractivity contribution is 0.558. The van der Waals surface area contributed by atoms with E-state index in [1.807, 2.05) is 6.92 Å². The van der Waals surface area contributed by atoms with Crippen molar-refractivity contribution in [2.75, 3.05) is 0 Å². The summed E-state index contributed by atoms with van der Waals surface area (Å²) in [4.78, 5) is 8.74. The molecule has 2 aromatic heterocycles. The Hall–Kier alpha value is -1.37. The van der Waals surface area contributed by atoms with Gasteiger partial charge in [0.2, 0.25) is 0 Å². The van der Waals surface area contributed by atoms with Crippen molar-refractivity contribution in [3.63, 3.8) is 0 Å². The molecule has 0 saturated carbocycles. The molecular formula is C10H11FN4S. The van der Waals surface area contributed by atoms with Gasteiger partial charge in [-0.1, -0.05) is 0 Å². The number of hydrogen-bond acceptors (Lipinski definition) is 5. The van der Waals surface area contributed by atoms with E-state index in [0.717, 1.165) is 10.6 Å². The monoisotopic (exact) mass is 238 g/mol. The molecule has 0 aliphatic heterocycles. The molecule has 2 aromatic rings. The first kappa shape index (κ1) is 11.1. The topological polar surface area (TPSA) is 63.8 Å². The minimum atomic E-state index is -0.379. The van der Waals surface area contributed by atoms with Gasteiger partial charge in [-0.15, -0.1) is 11.3 Å². The summed E-state index contributed by atoms with van der Waals surface area (Å²) < 4.78 is 13.6. The van der Waals surface area contributed by atoms with Crippen LogP contribution in [0, 0.1) is 12.7 Å². The van der Waals surface area contributed by atoms with Crippen LogP contribution in [0.15, 0.2) is 24.0 Å². The maximum atomic E-state index is 13.6. The third kappa shape index (κ3) is 1.95. The van der Waals surface area contributed by atoms with E-state index < -0.39 is 0 Å². The molecule has 1 unspecified atom stereocenters. The second kappa shape index (κ2) is 4.65. The van der Waals surface area contributed by atoms with Gasteiger partial charge in [-0.25, -0.2) is 14.8 Å². The molecule has 2 heterocycles. The number of nitrogens with two attached hydrogens (primary N) is 1. The molecule has 0 aliphatic rings. The molecule has 0 aliphatic carbocycles. The van der Waals surface area contributed by atoms with E-state index in [9.17, 15) is 4.39 Å². The molecule has 6 heteroatoms. The quantitative estimate of drug-likeness (QED) is 0.629. The normalized spacial score (nSPS) is 12.7. The molecule has 0 fully saturated rings. The van der Waals surface area contributed by atoms with E-state index >= 15 is 0 Å². The fourth-order valence-electron chi connectivity index (χ4n) is 1.51. The van der Waals surface area contributed by atoms with Gasteiger partial charge in [0, 0.05) is 11.8 Å². The van der Waals surface area contributed by atoms with Crippen LogP contribution in [-0.4, -0.2) is 9.97 Å². The van der Waals surface area contributed by atoms with Crippen LogP contribution in [0.3, 0.4) is 0 Å². The predicted molar refractivity (Wildman–Crippen MR) is 60.2 cm³/mol.